The number of aryl methyl sites for hydroxylation is 1. The highest BCUT2D eigenvalue weighted by Gasteiger charge is 2.03. The maximum atomic E-state index is 6.00. The van der Waals surface area contributed by atoms with Gasteiger partial charge >= 0.3 is 0 Å². The van der Waals surface area contributed by atoms with Crippen LogP contribution in [0.3, 0.4) is 0 Å². The van der Waals surface area contributed by atoms with Gasteiger partial charge in [-0.05, 0) is 43.5 Å². The summed E-state index contributed by atoms with van der Waals surface area (Å²) in [6.07, 6.45) is 0.992. The van der Waals surface area contributed by atoms with Crippen molar-refractivity contribution in [1.29, 1.82) is 0 Å². The van der Waals surface area contributed by atoms with Crippen molar-refractivity contribution in [2.45, 2.75) is 32.9 Å². The summed E-state index contributed by atoms with van der Waals surface area (Å²) in [6, 6.07) is 17.2. The van der Waals surface area contributed by atoms with Crippen LogP contribution in [-0.4, -0.2) is 6.04 Å². The maximum Gasteiger partial charge on any atom is 0.0408 e. The fourth-order valence-corrected chi connectivity index (χ4v) is 2.30. The van der Waals surface area contributed by atoms with Crippen molar-refractivity contribution in [3.63, 3.8) is 0 Å². The predicted octanol–water partition coefficient (Wildman–Crippen LogP) is 4.37. The molecule has 2 aromatic rings. The van der Waals surface area contributed by atoms with Gasteiger partial charge in [-0.15, -0.1) is 0 Å². The molecule has 0 aromatic heterocycles. The quantitative estimate of drug-likeness (QED) is 0.853. The molecule has 0 aliphatic rings. The van der Waals surface area contributed by atoms with E-state index in [0.29, 0.717) is 6.04 Å². The van der Waals surface area contributed by atoms with E-state index in [1.54, 1.807) is 0 Å². The lowest BCUT2D eigenvalue weighted by molar-refractivity contribution is 0.545. The summed E-state index contributed by atoms with van der Waals surface area (Å²) in [5.74, 6) is 0. The Morgan fingerprint density at radius 2 is 1.79 bits per heavy atom. The minimum absolute atomic E-state index is 0.430. The summed E-state index contributed by atoms with van der Waals surface area (Å²) in [5.41, 5.74) is 3.90. The molecule has 2 aromatic carbocycles. The van der Waals surface area contributed by atoms with Gasteiger partial charge in [0.25, 0.3) is 0 Å². The molecule has 0 radical (unpaired) electrons. The molecule has 1 atom stereocenters. The zero-order valence-electron chi connectivity index (χ0n) is 11.5. The smallest absolute Gasteiger partial charge is 0.0408 e. The SMILES string of the molecule is Cc1ccc(CNC(C)Cc2cccc(Cl)c2)cc1. The van der Waals surface area contributed by atoms with Crippen LogP contribution in [0.2, 0.25) is 5.02 Å². The first-order valence-corrected chi connectivity index (χ1v) is 7.04. The van der Waals surface area contributed by atoms with Crippen LogP contribution in [-0.2, 0) is 13.0 Å². The summed E-state index contributed by atoms with van der Waals surface area (Å²) in [4.78, 5) is 0. The fraction of sp³-hybridized carbons (Fsp3) is 0.294. The summed E-state index contributed by atoms with van der Waals surface area (Å²) in [6.45, 7) is 5.22. The van der Waals surface area contributed by atoms with E-state index in [1.165, 1.54) is 16.7 Å². The summed E-state index contributed by atoms with van der Waals surface area (Å²) >= 11 is 6.00. The van der Waals surface area contributed by atoms with E-state index >= 15 is 0 Å². The molecule has 1 unspecified atom stereocenters. The van der Waals surface area contributed by atoms with E-state index in [1.807, 2.05) is 18.2 Å². The average molecular weight is 274 g/mol. The molecule has 1 N–H and O–H groups in total. The lowest BCUT2D eigenvalue weighted by Crippen LogP contribution is -2.27. The van der Waals surface area contributed by atoms with Crippen LogP contribution in [0.1, 0.15) is 23.6 Å². The Bertz CT molecular complexity index is 519. The van der Waals surface area contributed by atoms with Gasteiger partial charge in [-0.2, -0.15) is 0 Å². The summed E-state index contributed by atoms with van der Waals surface area (Å²) in [7, 11) is 0. The lowest BCUT2D eigenvalue weighted by Gasteiger charge is -2.14. The Hall–Kier alpha value is -1.31. The number of hydrogen-bond donors (Lipinski definition) is 1. The van der Waals surface area contributed by atoms with Crippen molar-refractivity contribution in [1.82, 2.24) is 5.32 Å². The molecule has 0 saturated carbocycles. The van der Waals surface area contributed by atoms with E-state index in [4.69, 9.17) is 11.6 Å². The van der Waals surface area contributed by atoms with Gasteiger partial charge in [0.2, 0.25) is 0 Å². The normalized spacial score (nSPS) is 12.4. The first-order valence-electron chi connectivity index (χ1n) is 6.67. The molecule has 0 amide bonds. The van der Waals surface area contributed by atoms with Crippen LogP contribution in [0.15, 0.2) is 48.5 Å². The third-order valence-corrected chi connectivity index (χ3v) is 3.44. The van der Waals surface area contributed by atoms with Crippen LogP contribution in [0.4, 0.5) is 0 Å². The second-order valence-corrected chi connectivity index (χ2v) is 5.54. The molecular formula is C17H20ClN. The Morgan fingerprint density at radius 3 is 2.47 bits per heavy atom. The Balaban J connectivity index is 1.84. The lowest BCUT2D eigenvalue weighted by atomic mass is 10.1. The first kappa shape index (κ1) is 14.1. The molecule has 19 heavy (non-hydrogen) atoms. The summed E-state index contributed by atoms with van der Waals surface area (Å²) < 4.78 is 0. The van der Waals surface area contributed by atoms with Gasteiger partial charge in [-0.1, -0.05) is 53.6 Å². The van der Waals surface area contributed by atoms with Crippen molar-refractivity contribution in [2.75, 3.05) is 0 Å². The maximum absolute atomic E-state index is 6.00. The Labute approximate surface area is 120 Å². The van der Waals surface area contributed by atoms with E-state index in [-0.39, 0.29) is 0 Å². The molecule has 0 heterocycles. The van der Waals surface area contributed by atoms with Crippen molar-refractivity contribution in [3.05, 3.63) is 70.2 Å². The van der Waals surface area contributed by atoms with Gasteiger partial charge in [-0.3, -0.25) is 0 Å². The number of benzene rings is 2. The van der Waals surface area contributed by atoms with Crippen molar-refractivity contribution in [3.8, 4) is 0 Å². The van der Waals surface area contributed by atoms with Gasteiger partial charge < -0.3 is 5.32 Å². The third kappa shape index (κ3) is 4.70. The number of nitrogens with one attached hydrogen (secondary N) is 1. The van der Waals surface area contributed by atoms with Crippen molar-refractivity contribution >= 4 is 11.6 Å². The molecule has 0 bridgehead atoms. The highest BCUT2D eigenvalue weighted by Crippen LogP contribution is 2.12. The highest BCUT2D eigenvalue weighted by atomic mass is 35.5. The second kappa shape index (κ2) is 6.74. The Morgan fingerprint density at radius 1 is 1.05 bits per heavy atom. The van der Waals surface area contributed by atoms with E-state index in [2.05, 4.69) is 49.5 Å². The van der Waals surface area contributed by atoms with Gasteiger partial charge in [0.05, 0.1) is 0 Å². The predicted molar refractivity (Wildman–Crippen MR) is 82.6 cm³/mol. The van der Waals surface area contributed by atoms with Crippen molar-refractivity contribution in [2.24, 2.45) is 0 Å². The minimum atomic E-state index is 0.430. The van der Waals surface area contributed by atoms with Gasteiger partial charge in [0.1, 0.15) is 0 Å². The molecule has 100 valence electrons. The van der Waals surface area contributed by atoms with Crippen molar-refractivity contribution < 1.29 is 0 Å². The minimum Gasteiger partial charge on any atom is -0.310 e. The topological polar surface area (TPSA) is 12.0 Å². The number of halogens is 1. The largest absolute Gasteiger partial charge is 0.310 e. The molecule has 2 rings (SSSR count). The molecule has 0 aliphatic heterocycles. The number of hydrogen-bond acceptors (Lipinski definition) is 1. The highest BCUT2D eigenvalue weighted by molar-refractivity contribution is 6.30. The molecule has 2 heteroatoms. The van der Waals surface area contributed by atoms with Crippen LogP contribution in [0.25, 0.3) is 0 Å². The molecule has 0 spiro atoms. The van der Waals surface area contributed by atoms with Crippen LogP contribution in [0.5, 0.6) is 0 Å². The Kier molecular flexibility index (Phi) is 5.00. The van der Waals surface area contributed by atoms with Crippen LogP contribution >= 0.6 is 11.6 Å². The van der Waals surface area contributed by atoms with E-state index < -0.39 is 0 Å². The monoisotopic (exact) mass is 273 g/mol. The van der Waals surface area contributed by atoms with E-state index in [0.717, 1.165) is 18.0 Å². The zero-order valence-corrected chi connectivity index (χ0v) is 12.2. The zero-order chi connectivity index (χ0) is 13.7. The molecule has 0 saturated heterocycles. The van der Waals surface area contributed by atoms with Crippen LogP contribution < -0.4 is 5.32 Å². The van der Waals surface area contributed by atoms with Gasteiger partial charge in [-0.25, -0.2) is 0 Å². The fourth-order valence-electron chi connectivity index (χ4n) is 2.09. The third-order valence-electron chi connectivity index (χ3n) is 3.21. The molecule has 0 aliphatic carbocycles. The standard InChI is InChI=1S/C17H20ClN/c1-13-6-8-15(9-7-13)12-19-14(2)10-16-4-3-5-17(18)11-16/h3-9,11,14,19H,10,12H2,1-2H3. The molecule has 1 nitrogen and oxygen atoms in total. The van der Waals surface area contributed by atoms with E-state index in [9.17, 15) is 0 Å². The van der Waals surface area contributed by atoms with Gasteiger partial charge in [0.15, 0.2) is 0 Å². The molecule has 0 fully saturated rings. The number of rotatable bonds is 5. The molecular weight excluding hydrogens is 254 g/mol. The summed E-state index contributed by atoms with van der Waals surface area (Å²) in [5, 5.41) is 4.35. The first-order chi connectivity index (χ1) is 9.13. The van der Waals surface area contributed by atoms with Gasteiger partial charge in [0, 0.05) is 17.6 Å². The van der Waals surface area contributed by atoms with Crippen LogP contribution in [0, 0.1) is 6.92 Å². The average Bonchev–Trinajstić information content (AvgIpc) is 2.38. The second-order valence-electron chi connectivity index (χ2n) is 5.10.